The molecule has 0 aliphatic carbocycles. The quantitative estimate of drug-likeness (QED) is 0.587. The molecule has 1 fully saturated rings. The van der Waals surface area contributed by atoms with Crippen LogP contribution in [0.4, 0.5) is 0 Å². The van der Waals surface area contributed by atoms with Gasteiger partial charge in [0, 0.05) is 20.3 Å². The second-order valence-corrected chi connectivity index (χ2v) is 5.02. The van der Waals surface area contributed by atoms with Gasteiger partial charge in [-0.1, -0.05) is 6.58 Å². The summed E-state index contributed by atoms with van der Waals surface area (Å²) >= 11 is 0. The molecule has 4 heteroatoms. The molecular weight excluding hydrogens is 160 g/mol. The third-order valence-corrected chi connectivity index (χ3v) is 3.96. The standard InChI is InChI=1S/C7H14O3Si/c1-3-11(8-2)9-6-4-5-7-10-11/h3H,1,4-7H2,2H3. The van der Waals surface area contributed by atoms with Gasteiger partial charge in [-0.2, -0.15) is 0 Å². The van der Waals surface area contributed by atoms with Gasteiger partial charge in [0.05, 0.1) is 0 Å². The normalized spacial score (nSPS) is 24.1. The summed E-state index contributed by atoms with van der Waals surface area (Å²) in [6.45, 7) is 5.11. The van der Waals surface area contributed by atoms with Crippen LogP contribution in [0.15, 0.2) is 12.3 Å². The Balaban J connectivity index is 2.55. The fourth-order valence-corrected chi connectivity index (χ4v) is 2.57. The molecular formula is C7H14O3Si. The predicted octanol–water partition coefficient (Wildman–Crippen LogP) is 1.12. The maximum atomic E-state index is 5.47. The molecule has 0 aromatic carbocycles. The van der Waals surface area contributed by atoms with Gasteiger partial charge < -0.3 is 13.3 Å². The molecule has 1 aliphatic heterocycles. The summed E-state index contributed by atoms with van der Waals surface area (Å²) in [7, 11) is -0.807. The molecule has 0 aromatic heterocycles. The lowest BCUT2D eigenvalue weighted by molar-refractivity contribution is 0.113. The molecule has 64 valence electrons. The molecule has 11 heavy (non-hydrogen) atoms. The van der Waals surface area contributed by atoms with Crippen molar-refractivity contribution in [2.24, 2.45) is 0 Å². The first-order chi connectivity index (χ1) is 5.33. The highest BCUT2D eigenvalue weighted by Gasteiger charge is 2.37. The maximum absolute atomic E-state index is 5.47. The van der Waals surface area contributed by atoms with Gasteiger partial charge in [0.1, 0.15) is 0 Å². The minimum Gasteiger partial charge on any atom is -0.374 e. The van der Waals surface area contributed by atoms with Gasteiger partial charge in [0.15, 0.2) is 0 Å². The zero-order valence-corrected chi connectivity index (χ0v) is 7.84. The first kappa shape index (κ1) is 8.93. The third kappa shape index (κ3) is 2.13. The average Bonchev–Trinajstić information content (AvgIpc) is 2.30. The van der Waals surface area contributed by atoms with Crippen molar-refractivity contribution >= 4 is 8.80 Å². The molecule has 1 saturated heterocycles. The summed E-state index contributed by atoms with van der Waals surface area (Å²) in [5.74, 6) is 0. The van der Waals surface area contributed by atoms with Crippen LogP contribution in [0.5, 0.6) is 0 Å². The van der Waals surface area contributed by atoms with Gasteiger partial charge in [-0.05, 0) is 18.5 Å². The SMILES string of the molecule is C=C[Si]1(OC)OCCCCO1. The highest BCUT2D eigenvalue weighted by atomic mass is 28.4. The Bertz CT molecular complexity index is 130. The van der Waals surface area contributed by atoms with Crippen molar-refractivity contribution in [3.05, 3.63) is 12.3 Å². The van der Waals surface area contributed by atoms with Gasteiger partial charge in [0.25, 0.3) is 0 Å². The maximum Gasteiger partial charge on any atom is 0.528 e. The molecule has 1 aliphatic rings. The molecule has 3 nitrogen and oxygen atoms in total. The van der Waals surface area contributed by atoms with Crippen LogP contribution in [0.2, 0.25) is 0 Å². The van der Waals surface area contributed by atoms with Crippen molar-refractivity contribution in [3.63, 3.8) is 0 Å². The highest BCUT2D eigenvalue weighted by molar-refractivity contribution is 6.66. The Morgan fingerprint density at radius 3 is 2.27 bits per heavy atom. The van der Waals surface area contributed by atoms with Gasteiger partial charge in [-0.3, -0.25) is 0 Å². The van der Waals surface area contributed by atoms with Gasteiger partial charge in [-0.15, -0.1) is 0 Å². The highest BCUT2D eigenvalue weighted by Crippen LogP contribution is 2.14. The van der Waals surface area contributed by atoms with E-state index in [0.717, 1.165) is 26.1 Å². The van der Waals surface area contributed by atoms with E-state index in [-0.39, 0.29) is 0 Å². The predicted molar refractivity (Wildman–Crippen MR) is 44.1 cm³/mol. The molecule has 0 spiro atoms. The van der Waals surface area contributed by atoms with E-state index in [1.807, 2.05) is 0 Å². The van der Waals surface area contributed by atoms with E-state index in [4.69, 9.17) is 13.3 Å². The average molecular weight is 174 g/mol. The molecule has 0 amide bonds. The lowest BCUT2D eigenvalue weighted by atomic mass is 10.3. The summed E-state index contributed by atoms with van der Waals surface area (Å²) in [6.07, 6.45) is 2.10. The summed E-state index contributed by atoms with van der Waals surface area (Å²) in [6, 6.07) is 0. The summed E-state index contributed by atoms with van der Waals surface area (Å²) in [4.78, 5) is 0. The summed E-state index contributed by atoms with van der Waals surface area (Å²) in [5, 5.41) is 0. The monoisotopic (exact) mass is 174 g/mol. The molecule has 1 heterocycles. The van der Waals surface area contributed by atoms with E-state index in [2.05, 4.69) is 6.58 Å². The van der Waals surface area contributed by atoms with Crippen molar-refractivity contribution in [3.8, 4) is 0 Å². The van der Waals surface area contributed by atoms with Crippen molar-refractivity contribution in [2.75, 3.05) is 20.3 Å². The second kappa shape index (κ2) is 4.01. The van der Waals surface area contributed by atoms with E-state index in [9.17, 15) is 0 Å². The zero-order valence-electron chi connectivity index (χ0n) is 6.84. The fraction of sp³-hybridized carbons (Fsp3) is 0.714. The Morgan fingerprint density at radius 2 is 1.91 bits per heavy atom. The van der Waals surface area contributed by atoms with E-state index in [1.165, 1.54) is 0 Å². The first-order valence-electron chi connectivity index (χ1n) is 3.79. The van der Waals surface area contributed by atoms with Crippen LogP contribution in [-0.2, 0) is 13.3 Å². The van der Waals surface area contributed by atoms with E-state index < -0.39 is 8.80 Å². The molecule has 0 saturated carbocycles. The molecule has 0 aromatic rings. The van der Waals surface area contributed by atoms with Crippen LogP contribution in [0, 0.1) is 0 Å². The van der Waals surface area contributed by atoms with Crippen LogP contribution in [0.25, 0.3) is 0 Å². The zero-order chi connectivity index (χ0) is 8.16. The minimum atomic E-state index is -2.42. The van der Waals surface area contributed by atoms with Crippen LogP contribution in [0.1, 0.15) is 12.8 Å². The van der Waals surface area contributed by atoms with Crippen LogP contribution in [-0.4, -0.2) is 29.1 Å². The van der Waals surface area contributed by atoms with Crippen LogP contribution in [0.3, 0.4) is 0 Å². The third-order valence-electron chi connectivity index (χ3n) is 1.68. The van der Waals surface area contributed by atoms with Crippen molar-refractivity contribution in [1.82, 2.24) is 0 Å². The fourth-order valence-electron chi connectivity index (χ4n) is 0.994. The minimum absolute atomic E-state index is 0.728. The van der Waals surface area contributed by atoms with E-state index in [1.54, 1.807) is 12.8 Å². The second-order valence-electron chi connectivity index (χ2n) is 2.42. The number of hydrogen-bond acceptors (Lipinski definition) is 3. The van der Waals surface area contributed by atoms with Gasteiger partial charge >= 0.3 is 8.80 Å². The summed E-state index contributed by atoms with van der Waals surface area (Å²) in [5.41, 5.74) is 1.68. The smallest absolute Gasteiger partial charge is 0.374 e. The van der Waals surface area contributed by atoms with Crippen molar-refractivity contribution in [1.29, 1.82) is 0 Å². The Labute approximate surface area is 68.3 Å². The van der Waals surface area contributed by atoms with E-state index in [0.29, 0.717) is 0 Å². The van der Waals surface area contributed by atoms with Crippen molar-refractivity contribution < 1.29 is 13.3 Å². The van der Waals surface area contributed by atoms with Gasteiger partial charge in [0.2, 0.25) is 0 Å². The molecule has 1 rings (SSSR count). The van der Waals surface area contributed by atoms with Crippen LogP contribution < -0.4 is 0 Å². The lowest BCUT2D eigenvalue weighted by Gasteiger charge is -2.21. The van der Waals surface area contributed by atoms with Gasteiger partial charge in [-0.25, -0.2) is 0 Å². The Kier molecular flexibility index (Phi) is 3.26. The molecule has 0 unspecified atom stereocenters. The lowest BCUT2D eigenvalue weighted by Crippen LogP contribution is -2.42. The first-order valence-corrected chi connectivity index (χ1v) is 5.60. The van der Waals surface area contributed by atoms with Crippen LogP contribution >= 0.6 is 0 Å². The number of hydrogen-bond donors (Lipinski definition) is 0. The Hall–Kier alpha value is -0.163. The number of rotatable bonds is 2. The summed E-state index contributed by atoms with van der Waals surface area (Å²) < 4.78 is 16.1. The van der Waals surface area contributed by atoms with Crippen molar-refractivity contribution in [2.45, 2.75) is 12.8 Å². The van der Waals surface area contributed by atoms with E-state index >= 15 is 0 Å². The molecule has 0 N–H and O–H groups in total. The topological polar surface area (TPSA) is 27.7 Å². The molecule has 0 atom stereocenters. The molecule has 0 bridgehead atoms. The Morgan fingerprint density at radius 1 is 1.36 bits per heavy atom. The molecule has 0 radical (unpaired) electrons. The largest absolute Gasteiger partial charge is 0.528 e.